The van der Waals surface area contributed by atoms with Crippen molar-refractivity contribution in [2.24, 2.45) is 11.7 Å². The number of piperazine rings is 1. The molecule has 0 aromatic rings. The van der Waals surface area contributed by atoms with Crippen LogP contribution in [0.2, 0.25) is 0 Å². The fraction of sp³-hybridized carbons (Fsp3) is 0.818. The van der Waals surface area contributed by atoms with Gasteiger partial charge in [0, 0.05) is 44.4 Å². The molecule has 17 heavy (non-hydrogen) atoms. The van der Waals surface area contributed by atoms with Crippen LogP contribution in [0.3, 0.4) is 0 Å². The van der Waals surface area contributed by atoms with Crippen LogP contribution in [0, 0.1) is 5.92 Å². The van der Waals surface area contributed by atoms with Gasteiger partial charge in [-0.2, -0.15) is 11.8 Å². The molecule has 0 saturated carbocycles. The minimum atomic E-state index is 0.266. The fourth-order valence-electron chi connectivity index (χ4n) is 2.33. The molecule has 0 bridgehead atoms. The van der Waals surface area contributed by atoms with Crippen LogP contribution in [0.25, 0.3) is 0 Å². The molecule has 96 valence electrons. The Balaban J connectivity index is 1.78. The molecule has 4 nitrogen and oxygen atoms in total. The molecule has 2 fully saturated rings. The molecule has 2 rings (SSSR count). The smallest absolute Gasteiger partial charge is 0.226 e. The maximum atomic E-state index is 12.2. The van der Waals surface area contributed by atoms with Gasteiger partial charge in [-0.25, -0.2) is 0 Å². The number of nitrogens with two attached hydrogens (primary N) is 1. The highest BCUT2D eigenvalue weighted by Crippen LogP contribution is 2.25. The van der Waals surface area contributed by atoms with Gasteiger partial charge < -0.3 is 10.6 Å². The van der Waals surface area contributed by atoms with Crippen molar-refractivity contribution in [3.05, 3.63) is 0 Å². The number of rotatable bonds is 3. The van der Waals surface area contributed by atoms with Crippen LogP contribution < -0.4 is 5.73 Å². The first-order chi connectivity index (χ1) is 8.16. The lowest BCUT2D eigenvalue weighted by Crippen LogP contribution is -2.51. The van der Waals surface area contributed by atoms with Gasteiger partial charge in [0.1, 0.15) is 0 Å². The Morgan fingerprint density at radius 1 is 1.35 bits per heavy atom. The Morgan fingerprint density at radius 3 is 2.59 bits per heavy atom. The van der Waals surface area contributed by atoms with Gasteiger partial charge in [0.05, 0.1) is 4.99 Å². The Kier molecular flexibility index (Phi) is 4.64. The Bertz CT molecular complexity index is 297. The van der Waals surface area contributed by atoms with Gasteiger partial charge in [-0.3, -0.25) is 9.69 Å². The highest BCUT2D eigenvalue weighted by atomic mass is 32.2. The normalized spacial score (nSPS) is 26.1. The van der Waals surface area contributed by atoms with E-state index in [9.17, 15) is 4.79 Å². The molecule has 6 heteroatoms. The van der Waals surface area contributed by atoms with Crippen LogP contribution in [0.4, 0.5) is 0 Å². The zero-order valence-corrected chi connectivity index (χ0v) is 11.6. The van der Waals surface area contributed by atoms with Crippen LogP contribution in [-0.4, -0.2) is 64.9 Å². The average Bonchev–Trinajstić information content (AvgIpc) is 2.82. The summed E-state index contributed by atoms with van der Waals surface area (Å²) in [5, 5.41) is 0. The van der Waals surface area contributed by atoms with E-state index in [0.717, 1.165) is 44.1 Å². The van der Waals surface area contributed by atoms with Crippen LogP contribution in [-0.2, 0) is 4.79 Å². The van der Waals surface area contributed by atoms with Crippen molar-refractivity contribution in [2.75, 3.05) is 44.2 Å². The second kappa shape index (κ2) is 6.02. The minimum Gasteiger partial charge on any atom is -0.392 e. The van der Waals surface area contributed by atoms with Crippen molar-refractivity contribution in [3.8, 4) is 0 Å². The maximum Gasteiger partial charge on any atom is 0.226 e. The molecular formula is C11H19N3OS2. The summed E-state index contributed by atoms with van der Waals surface area (Å²) in [5.41, 5.74) is 5.52. The molecule has 2 heterocycles. The largest absolute Gasteiger partial charge is 0.392 e. The molecule has 1 unspecified atom stereocenters. The topological polar surface area (TPSA) is 49.6 Å². The zero-order chi connectivity index (χ0) is 12.3. The SMILES string of the molecule is NC(=S)CN1CCN(C(=O)C2CCSC2)CC1. The van der Waals surface area contributed by atoms with Gasteiger partial charge in [-0.1, -0.05) is 12.2 Å². The van der Waals surface area contributed by atoms with Gasteiger partial charge in [-0.15, -0.1) is 0 Å². The zero-order valence-electron chi connectivity index (χ0n) is 9.93. The standard InChI is InChI=1S/C11H19N3OS2/c12-10(16)7-13-2-4-14(5-3-13)11(15)9-1-6-17-8-9/h9H,1-8H2,(H2,12,16). The first-order valence-corrected chi connectivity index (χ1v) is 7.60. The number of carbonyl (C=O) groups is 1. The summed E-state index contributed by atoms with van der Waals surface area (Å²) in [4.78, 5) is 16.9. The van der Waals surface area contributed by atoms with Crippen molar-refractivity contribution < 1.29 is 4.79 Å². The fourth-order valence-corrected chi connectivity index (χ4v) is 3.73. The molecule has 0 aromatic carbocycles. The van der Waals surface area contributed by atoms with E-state index in [0.29, 0.717) is 17.4 Å². The van der Waals surface area contributed by atoms with E-state index in [4.69, 9.17) is 18.0 Å². The van der Waals surface area contributed by atoms with E-state index >= 15 is 0 Å². The molecule has 0 aromatic heterocycles. The van der Waals surface area contributed by atoms with Crippen molar-refractivity contribution in [2.45, 2.75) is 6.42 Å². The summed E-state index contributed by atoms with van der Waals surface area (Å²) in [5.74, 6) is 2.76. The highest BCUT2D eigenvalue weighted by molar-refractivity contribution is 7.99. The van der Waals surface area contributed by atoms with Gasteiger partial charge in [-0.05, 0) is 12.2 Å². The Hall–Kier alpha value is -0.330. The van der Waals surface area contributed by atoms with E-state index < -0.39 is 0 Å². The molecule has 1 atom stereocenters. The second-order valence-corrected chi connectivity index (χ2v) is 6.30. The van der Waals surface area contributed by atoms with Crippen LogP contribution in [0.5, 0.6) is 0 Å². The Labute approximate surface area is 112 Å². The summed E-state index contributed by atoms with van der Waals surface area (Å²) in [7, 11) is 0. The van der Waals surface area contributed by atoms with E-state index in [1.807, 2.05) is 16.7 Å². The number of thioether (sulfide) groups is 1. The molecule has 0 spiro atoms. The highest BCUT2D eigenvalue weighted by Gasteiger charge is 2.29. The van der Waals surface area contributed by atoms with E-state index in [2.05, 4.69) is 4.90 Å². The summed E-state index contributed by atoms with van der Waals surface area (Å²) in [6.07, 6.45) is 1.05. The van der Waals surface area contributed by atoms with Gasteiger partial charge in [0.2, 0.25) is 5.91 Å². The molecular weight excluding hydrogens is 254 g/mol. The molecule has 2 saturated heterocycles. The third-order valence-corrected chi connectivity index (χ3v) is 4.63. The molecule has 0 radical (unpaired) electrons. The molecule has 2 N–H and O–H groups in total. The number of thiocarbonyl (C=S) groups is 1. The first kappa shape index (κ1) is 13.1. The molecule has 0 aliphatic carbocycles. The third-order valence-electron chi connectivity index (χ3n) is 3.34. The number of amides is 1. The Morgan fingerprint density at radius 2 is 2.06 bits per heavy atom. The van der Waals surface area contributed by atoms with Crippen LogP contribution >= 0.6 is 24.0 Å². The quantitative estimate of drug-likeness (QED) is 0.743. The van der Waals surface area contributed by atoms with Crippen molar-refractivity contribution in [1.29, 1.82) is 0 Å². The molecule has 2 aliphatic heterocycles. The number of hydrogen-bond acceptors (Lipinski definition) is 4. The summed E-state index contributed by atoms with van der Waals surface area (Å²) in [6, 6.07) is 0. The van der Waals surface area contributed by atoms with Gasteiger partial charge >= 0.3 is 0 Å². The number of carbonyl (C=O) groups excluding carboxylic acids is 1. The predicted molar refractivity (Wildman–Crippen MR) is 75.2 cm³/mol. The molecule has 1 amide bonds. The van der Waals surface area contributed by atoms with E-state index in [1.54, 1.807) is 0 Å². The monoisotopic (exact) mass is 273 g/mol. The summed E-state index contributed by atoms with van der Waals surface area (Å²) >= 11 is 6.79. The molecule has 2 aliphatic rings. The maximum absolute atomic E-state index is 12.2. The van der Waals surface area contributed by atoms with Gasteiger partial charge in [0.25, 0.3) is 0 Å². The second-order valence-electron chi connectivity index (χ2n) is 4.63. The summed E-state index contributed by atoms with van der Waals surface area (Å²) < 4.78 is 0. The average molecular weight is 273 g/mol. The van der Waals surface area contributed by atoms with E-state index in [-0.39, 0.29) is 5.92 Å². The van der Waals surface area contributed by atoms with Crippen molar-refractivity contribution in [1.82, 2.24) is 9.80 Å². The lowest BCUT2D eigenvalue weighted by Gasteiger charge is -2.35. The lowest BCUT2D eigenvalue weighted by molar-refractivity contribution is -0.136. The minimum absolute atomic E-state index is 0.266. The van der Waals surface area contributed by atoms with Crippen LogP contribution in [0.15, 0.2) is 0 Å². The first-order valence-electron chi connectivity index (χ1n) is 6.04. The van der Waals surface area contributed by atoms with Crippen molar-refractivity contribution in [3.63, 3.8) is 0 Å². The van der Waals surface area contributed by atoms with Gasteiger partial charge in [0.15, 0.2) is 0 Å². The number of hydrogen-bond donors (Lipinski definition) is 1. The third kappa shape index (κ3) is 3.56. The van der Waals surface area contributed by atoms with E-state index in [1.165, 1.54) is 0 Å². The summed E-state index contributed by atoms with van der Waals surface area (Å²) in [6.45, 7) is 4.10. The lowest BCUT2D eigenvalue weighted by atomic mass is 10.1. The predicted octanol–water partition coefficient (Wildman–Crippen LogP) is 0.170. The van der Waals surface area contributed by atoms with Crippen LogP contribution in [0.1, 0.15) is 6.42 Å². The number of nitrogens with zero attached hydrogens (tertiary/aromatic N) is 2. The van der Waals surface area contributed by atoms with Crippen molar-refractivity contribution >= 4 is 34.9 Å².